The molecular formula is C25H31NO4. The lowest BCUT2D eigenvalue weighted by atomic mass is 10.0. The molecule has 0 saturated heterocycles. The SMILES string of the molecule is Cc1cc(C=CC(=O)c2ccc(C(=O)N(C)C)cc2)c(OC(C)C)cc1OC(C)C. The number of aryl methyl sites for hydroxylation is 1. The van der Waals surface area contributed by atoms with E-state index in [4.69, 9.17) is 9.47 Å². The van der Waals surface area contributed by atoms with Crippen LogP contribution in [0, 0.1) is 6.92 Å². The van der Waals surface area contributed by atoms with Crippen LogP contribution in [0.1, 0.15) is 59.5 Å². The Morgan fingerprint density at radius 3 is 1.93 bits per heavy atom. The lowest BCUT2D eigenvalue weighted by Gasteiger charge is -2.18. The molecule has 2 aromatic rings. The zero-order valence-corrected chi connectivity index (χ0v) is 18.9. The van der Waals surface area contributed by atoms with E-state index in [-0.39, 0.29) is 23.9 Å². The van der Waals surface area contributed by atoms with E-state index < -0.39 is 0 Å². The zero-order chi connectivity index (χ0) is 22.4. The summed E-state index contributed by atoms with van der Waals surface area (Å²) < 4.78 is 11.8. The topological polar surface area (TPSA) is 55.8 Å². The molecule has 0 fully saturated rings. The van der Waals surface area contributed by atoms with Crippen molar-refractivity contribution in [3.05, 3.63) is 64.7 Å². The Kier molecular flexibility index (Phi) is 7.81. The van der Waals surface area contributed by atoms with Crippen molar-refractivity contribution >= 4 is 17.8 Å². The van der Waals surface area contributed by atoms with Crippen LogP contribution in [0.15, 0.2) is 42.5 Å². The third-order valence-corrected chi connectivity index (χ3v) is 4.27. The maximum Gasteiger partial charge on any atom is 0.253 e. The van der Waals surface area contributed by atoms with Gasteiger partial charge in [-0.3, -0.25) is 9.59 Å². The highest BCUT2D eigenvalue weighted by atomic mass is 16.5. The van der Waals surface area contributed by atoms with Crippen molar-refractivity contribution in [2.75, 3.05) is 14.1 Å². The van der Waals surface area contributed by atoms with Crippen LogP contribution < -0.4 is 9.47 Å². The molecule has 5 nitrogen and oxygen atoms in total. The number of ether oxygens (including phenoxy) is 2. The molecule has 0 unspecified atom stereocenters. The summed E-state index contributed by atoms with van der Waals surface area (Å²) in [6.07, 6.45) is 3.32. The Labute approximate surface area is 179 Å². The second-order valence-corrected chi connectivity index (χ2v) is 7.96. The third-order valence-electron chi connectivity index (χ3n) is 4.27. The van der Waals surface area contributed by atoms with Crippen molar-refractivity contribution in [3.8, 4) is 11.5 Å². The maximum atomic E-state index is 12.6. The van der Waals surface area contributed by atoms with Crippen LogP contribution in [0.2, 0.25) is 0 Å². The highest BCUT2D eigenvalue weighted by Crippen LogP contribution is 2.31. The summed E-state index contributed by atoms with van der Waals surface area (Å²) in [5.41, 5.74) is 2.84. The number of amides is 1. The second kappa shape index (κ2) is 10.1. The summed E-state index contributed by atoms with van der Waals surface area (Å²) in [4.78, 5) is 26.1. The molecule has 30 heavy (non-hydrogen) atoms. The molecule has 2 rings (SSSR count). The summed E-state index contributed by atoms with van der Waals surface area (Å²) in [5, 5.41) is 0. The average Bonchev–Trinajstić information content (AvgIpc) is 2.67. The quantitative estimate of drug-likeness (QED) is 0.446. The number of carbonyl (C=O) groups is 2. The molecule has 0 spiro atoms. The molecule has 0 aliphatic carbocycles. The van der Waals surface area contributed by atoms with E-state index in [1.165, 1.54) is 11.0 Å². The number of hydrogen-bond donors (Lipinski definition) is 0. The van der Waals surface area contributed by atoms with E-state index in [9.17, 15) is 9.59 Å². The standard InChI is InChI=1S/C25H31NO4/c1-16(2)29-23-15-24(30-17(3)4)21(14-18(23)5)12-13-22(27)19-8-10-20(11-9-19)25(28)26(6)7/h8-17H,1-7H3. The molecule has 0 radical (unpaired) electrons. The first-order valence-corrected chi connectivity index (χ1v) is 10.1. The summed E-state index contributed by atoms with van der Waals surface area (Å²) in [6.45, 7) is 9.84. The Balaban J connectivity index is 2.28. The van der Waals surface area contributed by atoms with Gasteiger partial charge in [0, 0.05) is 36.9 Å². The van der Waals surface area contributed by atoms with Crippen molar-refractivity contribution in [3.63, 3.8) is 0 Å². The zero-order valence-electron chi connectivity index (χ0n) is 18.9. The molecule has 0 saturated carbocycles. The monoisotopic (exact) mass is 409 g/mol. The van der Waals surface area contributed by atoms with Gasteiger partial charge in [0.15, 0.2) is 5.78 Å². The van der Waals surface area contributed by atoms with Crippen molar-refractivity contribution in [1.82, 2.24) is 4.90 Å². The van der Waals surface area contributed by atoms with Gasteiger partial charge in [-0.1, -0.05) is 12.1 Å². The van der Waals surface area contributed by atoms with Gasteiger partial charge in [-0.05, 0) is 70.5 Å². The molecule has 5 heteroatoms. The minimum absolute atomic E-state index is 0.00997. The van der Waals surface area contributed by atoms with Gasteiger partial charge in [-0.2, -0.15) is 0 Å². The number of hydrogen-bond acceptors (Lipinski definition) is 4. The van der Waals surface area contributed by atoms with Crippen molar-refractivity contribution in [2.45, 2.75) is 46.8 Å². The molecular weight excluding hydrogens is 378 g/mol. The Bertz CT molecular complexity index is 925. The van der Waals surface area contributed by atoms with Gasteiger partial charge in [0.1, 0.15) is 11.5 Å². The van der Waals surface area contributed by atoms with E-state index in [1.807, 2.05) is 46.8 Å². The third kappa shape index (κ3) is 6.21. The lowest BCUT2D eigenvalue weighted by Crippen LogP contribution is -2.21. The van der Waals surface area contributed by atoms with Gasteiger partial charge in [0.05, 0.1) is 12.2 Å². The summed E-state index contributed by atoms with van der Waals surface area (Å²) in [6, 6.07) is 10.5. The van der Waals surface area contributed by atoms with Crippen molar-refractivity contribution in [1.29, 1.82) is 0 Å². The van der Waals surface area contributed by atoms with Gasteiger partial charge in [-0.15, -0.1) is 0 Å². The second-order valence-electron chi connectivity index (χ2n) is 7.96. The average molecular weight is 410 g/mol. The fraction of sp³-hybridized carbons (Fsp3) is 0.360. The number of allylic oxidation sites excluding steroid dienone is 1. The predicted octanol–water partition coefficient (Wildman–Crippen LogP) is 5.17. The smallest absolute Gasteiger partial charge is 0.253 e. The normalized spacial score (nSPS) is 11.2. The van der Waals surface area contributed by atoms with Gasteiger partial charge in [0.2, 0.25) is 0 Å². The molecule has 0 atom stereocenters. The van der Waals surface area contributed by atoms with Crippen LogP contribution in [0.25, 0.3) is 6.08 Å². The molecule has 0 aromatic heterocycles. The highest BCUT2D eigenvalue weighted by Gasteiger charge is 2.12. The van der Waals surface area contributed by atoms with Crippen LogP contribution >= 0.6 is 0 Å². The van der Waals surface area contributed by atoms with Gasteiger partial charge in [0.25, 0.3) is 5.91 Å². The van der Waals surface area contributed by atoms with E-state index in [1.54, 1.807) is 44.4 Å². The number of benzene rings is 2. The minimum Gasteiger partial charge on any atom is -0.491 e. The first-order chi connectivity index (χ1) is 14.1. The van der Waals surface area contributed by atoms with E-state index in [0.29, 0.717) is 16.9 Å². The van der Waals surface area contributed by atoms with Crippen LogP contribution in [-0.2, 0) is 0 Å². The molecule has 0 bridgehead atoms. The fourth-order valence-electron chi connectivity index (χ4n) is 2.86. The first kappa shape index (κ1) is 23.2. The molecule has 0 aliphatic heterocycles. The van der Waals surface area contributed by atoms with E-state index in [0.717, 1.165) is 16.9 Å². The molecule has 160 valence electrons. The number of carbonyl (C=O) groups excluding carboxylic acids is 2. The highest BCUT2D eigenvalue weighted by molar-refractivity contribution is 6.07. The van der Waals surface area contributed by atoms with Gasteiger partial charge in [-0.25, -0.2) is 0 Å². The number of ketones is 1. The lowest BCUT2D eigenvalue weighted by molar-refractivity contribution is 0.0827. The Hall–Kier alpha value is -3.08. The molecule has 0 N–H and O–H groups in total. The van der Waals surface area contributed by atoms with E-state index in [2.05, 4.69) is 0 Å². The first-order valence-electron chi connectivity index (χ1n) is 10.1. The Morgan fingerprint density at radius 2 is 1.40 bits per heavy atom. The van der Waals surface area contributed by atoms with Crippen molar-refractivity contribution < 1.29 is 19.1 Å². The molecule has 0 heterocycles. The number of rotatable bonds is 8. The molecule has 0 aliphatic rings. The summed E-state index contributed by atoms with van der Waals surface area (Å²) >= 11 is 0. The van der Waals surface area contributed by atoms with Crippen LogP contribution in [-0.4, -0.2) is 42.9 Å². The minimum atomic E-state index is -0.144. The Morgan fingerprint density at radius 1 is 0.867 bits per heavy atom. The molecule has 1 amide bonds. The van der Waals surface area contributed by atoms with Gasteiger partial charge < -0.3 is 14.4 Å². The predicted molar refractivity (Wildman–Crippen MR) is 121 cm³/mol. The van der Waals surface area contributed by atoms with E-state index >= 15 is 0 Å². The fourth-order valence-corrected chi connectivity index (χ4v) is 2.86. The van der Waals surface area contributed by atoms with Crippen LogP contribution in [0.3, 0.4) is 0 Å². The van der Waals surface area contributed by atoms with Gasteiger partial charge >= 0.3 is 0 Å². The number of nitrogens with zero attached hydrogens (tertiary/aromatic N) is 1. The summed E-state index contributed by atoms with van der Waals surface area (Å²) in [7, 11) is 3.39. The largest absolute Gasteiger partial charge is 0.491 e. The summed E-state index contributed by atoms with van der Waals surface area (Å²) in [5.74, 6) is 1.20. The maximum absolute atomic E-state index is 12.6. The van der Waals surface area contributed by atoms with Crippen LogP contribution in [0.5, 0.6) is 11.5 Å². The van der Waals surface area contributed by atoms with Crippen LogP contribution in [0.4, 0.5) is 0 Å². The molecule has 2 aromatic carbocycles. The van der Waals surface area contributed by atoms with Crippen molar-refractivity contribution in [2.24, 2.45) is 0 Å².